The molecule has 0 aromatic carbocycles. The third-order valence-corrected chi connectivity index (χ3v) is 3.20. The highest BCUT2D eigenvalue weighted by Gasteiger charge is 2.34. The van der Waals surface area contributed by atoms with Crippen LogP contribution in [0.2, 0.25) is 0 Å². The predicted molar refractivity (Wildman–Crippen MR) is 60.5 cm³/mol. The summed E-state index contributed by atoms with van der Waals surface area (Å²) in [7, 11) is 0. The van der Waals surface area contributed by atoms with Gasteiger partial charge in [0.2, 0.25) is 0 Å². The van der Waals surface area contributed by atoms with Gasteiger partial charge in [-0.25, -0.2) is 0 Å². The highest BCUT2D eigenvalue weighted by atomic mass is 16.5. The smallest absolute Gasteiger partial charge is 0.0581 e. The first-order valence-electron chi connectivity index (χ1n) is 6.16. The molecule has 14 heavy (non-hydrogen) atoms. The van der Waals surface area contributed by atoms with Crippen molar-refractivity contribution in [3.63, 3.8) is 0 Å². The second-order valence-corrected chi connectivity index (χ2v) is 4.28. The van der Waals surface area contributed by atoms with Gasteiger partial charge in [-0.1, -0.05) is 13.8 Å². The first-order valence-corrected chi connectivity index (χ1v) is 6.16. The van der Waals surface area contributed by atoms with E-state index in [-0.39, 0.29) is 0 Å². The maximum Gasteiger partial charge on any atom is 0.0581 e. The number of ether oxygens (including phenoxy) is 1. The van der Waals surface area contributed by atoms with E-state index < -0.39 is 0 Å². The molecule has 1 rings (SSSR count). The summed E-state index contributed by atoms with van der Waals surface area (Å²) < 4.78 is 5.58. The monoisotopic (exact) mass is 199 g/mol. The molecule has 0 heterocycles. The summed E-state index contributed by atoms with van der Waals surface area (Å²) in [4.78, 5) is 0. The first-order chi connectivity index (χ1) is 6.81. The lowest BCUT2D eigenvalue weighted by atomic mass is 9.76. The number of hydrogen-bond donors (Lipinski definition) is 1. The second kappa shape index (κ2) is 6.41. The van der Waals surface area contributed by atoms with Crippen LogP contribution in [0, 0.1) is 5.92 Å². The Morgan fingerprint density at radius 1 is 1.29 bits per heavy atom. The molecule has 0 aliphatic heterocycles. The van der Waals surface area contributed by atoms with Crippen molar-refractivity contribution in [2.45, 2.75) is 58.6 Å². The summed E-state index contributed by atoms with van der Waals surface area (Å²) in [5.41, 5.74) is 0. The molecule has 0 spiro atoms. The fourth-order valence-corrected chi connectivity index (χ4v) is 2.28. The zero-order valence-corrected chi connectivity index (χ0v) is 9.88. The molecule has 0 aromatic heterocycles. The molecule has 1 unspecified atom stereocenters. The van der Waals surface area contributed by atoms with Gasteiger partial charge in [-0.05, 0) is 45.1 Å². The van der Waals surface area contributed by atoms with E-state index in [2.05, 4.69) is 26.1 Å². The van der Waals surface area contributed by atoms with E-state index in [1.54, 1.807) is 0 Å². The highest BCUT2D eigenvalue weighted by Crippen LogP contribution is 2.33. The van der Waals surface area contributed by atoms with E-state index in [0.717, 1.165) is 25.1 Å². The first kappa shape index (κ1) is 12.0. The number of hydrogen-bond acceptors (Lipinski definition) is 2. The van der Waals surface area contributed by atoms with E-state index in [1.165, 1.54) is 25.7 Å². The molecule has 1 aliphatic rings. The van der Waals surface area contributed by atoms with Gasteiger partial charge in [-0.3, -0.25) is 0 Å². The van der Waals surface area contributed by atoms with Gasteiger partial charge in [-0.15, -0.1) is 0 Å². The van der Waals surface area contributed by atoms with Crippen molar-refractivity contribution in [2.24, 2.45) is 5.92 Å². The fraction of sp³-hybridized carbons (Fsp3) is 1.00. The summed E-state index contributed by atoms with van der Waals surface area (Å²) in [5, 5.41) is 3.63. The van der Waals surface area contributed by atoms with E-state index >= 15 is 0 Å². The Hall–Kier alpha value is -0.0800. The molecule has 2 heteroatoms. The van der Waals surface area contributed by atoms with Crippen molar-refractivity contribution in [3.8, 4) is 0 Å². The summed E-state index contributed by atoms with van der Waals surface area (Å²) >= 11 is 0. The van der Waals surface area contributed by atoms with Crippen LogP contribution in [0.25, 0.3) is 0 Å². The molecular formula is C12H25NO. The van der Waals surface area contributed by atoms with Crippen LogP contribution in [0.3, 0.4) is 0 Å². The normalized spacial score (nSPS) is 28.5. The standard InChI is InChI=1S/C12H25NO/c1-4-7-13-12(5-2)10-8-11(9-10)14-6-3/h10-13H,4-9H2,1-3H3. The molecule has 0 bridgehead atoms. The topological polar surface area (TPSA) is 21.3 Å². The Morgan fingerprint density at radius 2 is 2.00 bits per heavy atom. The fourth-order valence-electron chi connectivity index (χ4n) is 2.28. The van der Waals surface area contributed by atoms with E-state index in [9.17, 15) is 0 Å². The van der Waals surface area contributed by atoms with Gasteiger partial charge in [0.1, 0.15) is 0 Å². The molecule has 0 saturated heterocycles. The summed E-state index contributed by atoms with van der Waals surface area (Å²) in [6.45, 7) is 8.62. The van der Waals surface area contributed by atoms with Crippen LogP contribution >= 0.6 is 0 Å². The van der Waals surface area contributed by atoms with E-state index in [0.29, 0.717) is 6.10 Å². The summed E-state index contributed by atoms with van der Waals surface area (Å²) in [5.74, 6) is 0.864. The lowest BCUT2D eigenvalue weighted by Gasteiger charge is -2.40. The molecule has 0 aromatic rings. The number of rotatable bonds is 7. The SMILES string of the molecule is CCCNC(CC)C1CC(OCC)C1. The molecule has 1 aliphatic carbocycles. The summed E-state index contributed by atoms with van der Waals surface area (Å²) in [6.07, 6.45) is 5.58. The average Bonchev–Trinajstić information content (AvgIpc) is 2.14. The van der Waals surface area contributed by atoms with Crippen LogP contribution in [-0.2, 0) is 4.74 Å². The van der Waals surface area contributed by atoms with Crippen LogP contribution in [-0.4, -0.2) is 25.3 Å². The molecule has 84 valence electrons. The highest BCUT2D eigenvalue weighted by molar-refractivity contribution is 4.88. The molecule has 1 fully saturated rings. The van der Waals surface area contributed by atoms with Gasteiger partial charge >= 0.3 is 0 Å². The van der Waals surface area contributed by atoms with Crippen molar-refractivity contribution in [3.05, 3.63) is 0 Å². The zero-order chi connectivity index (χ0) is 10.4. The minimum absolute atomic E-state index is 0.558. The van der Waals surface area contributed by atoms with E-state index in [1.807, 2.05) is 0 Å². The van der Waals surface area contributed by atoms with Gasteiger partial charge in [0.05, 0.1) is 6.10 Å². The average molecular weight is 199 g/mol. The molecular weight excluding hydrogens is 174 g/mol. The van der Waals surface area contributed by atoms with Crippen LogP contribution in [0.15, 0.2) is 0 Å². The van der Waals surface area contributed by atoms with Crippen molar-refractivity contribution < 1.29 is 4.74 Å². The van der Waals surface area contributed by atoms with Crippen LogP contribution in [0.4, 0.5) is 0 Å². The number of nitrogens with one attached hydrogen (secondary N) is 1. The minimum Gasteiger partial charge on any atom is -0.378 e. The summed E-state index contributed by atoms with van der Waals surface area (Å²) in [6, 6.07) is 0.728. The molecule has 1 atom stereocenters. The largest absolute Gasteiger partial charge is 0.378 e. The molecule has 0 amide bonds. The van der Waals surface area contributed by atoms with Gasteiger partial charge in [0.25, 0.3) is 0 Å². The predicted octanol–water partition coefficient (Wildman–Crippen LogP) is 2.58. The van der Waals surface area contributed by atoms with Crippen molar-refractivity contribution in [2.75, 3.05) is 13.2 Å². The Kier molecular flexibility index (Phi) is 5.49. The van der Waals surface area contributed by atoms with E-state index in [4.69, 9.17) is 4.74 Å². The van der Waals surface area contributed by atoms with Crippen molar-refractivity contribution >= 4 is 0 Å². The van der Waals surface area contributed by atoms with Gasteiger partial charge < -0.3 is 10.1 Å². The Bertz CT molecular complexity index is 143. The molecule has 1 saturated carbocycles. The lowest BCUT2D eigenvalue weighted by molar-refractivity contribution is -0.0354. The zero-order valence-electron chi connectivity index (χ0n) is 9.88. The van der Waals surface area contributed by atoms with Gasteiger partial charge in [-0.2, -0.15) is 0 Å². The molecule has 1 N–H and O–H groups in total. The van der Waals surface area contributed by atoms with Crippen LogP contribution < -0.4 is 5.32 Å². The molecule has 2 nitrogen and oxygen atoms in total. The Labute approximate surface area is 88.4 Å². The van der Waals surface area contributed by atoms with Crippen LogP contribution in [0.1, 0.15) is 46.5 Å². The second-order valence-electron chi connectivity index (χ2n) is 4.28. The van der Waals surface area contributed by atoms with Crippen LogP contribution in [0.5, 0.6) is 0 Å². The third-order valence-electron chi connectivity index (χ3n) is 3.20. The Morgan fingerprint density at radius 3 is 2.50 bits per heavy atom. The maximum atomic E-state index is 5.58. The van der Waals surface area contributed by atoms with Gasteiger partial charge in [0, 0.05) is 12.6 Å². The quantitative estimate of drug-likeness (QED) is 0.680. The van der Waals surface area contributed by atoms with Gasteiger partial charge in [0.15, 0.2) is 0 Å². The minimum atomic E-state index is 0.558. The Balaban J connectivity index is 2.14. The van der Waals surface area contributed by atoms with Crippen molar-refractivity contribution in [1.82, 2.24) is 5.32 Å². The van der Waals surface area contributed by atoms with Crippen molar-refractivity contribution in [1.29, 1.82) is 0 Å². The molecule has 0 radical (unpaired) electrons. The lowest BCUT2D eigenvalue weighted by Crippen LogP contribution is -2.45. The maximum absolute atomic E-state index is 5.58. The third kappa shape index (κ3) is 3.25.